The number of hydrogen-bond donors (Lipinski definition) is 1. The van der Waals surface area contributed by atoms with Gasteiger partial charge in [0.1, 0.15) is 17.2 Å². The molecule has 0 bridgehead atoms. The summed E-state index contributed by atoms with van der Waals surface area (Å²) in [5.41, 5.74) is 1.33. The van der Waals surface area contributed by atoms with E-state index in [-0.39, 0.29) is 30.9 Å². The smallest absolute Gasteiger partial charge is 0.257 e. The van der Waals surface area contributed by atoms with Gasteiger partial charge in [-0.1, -0.05) is 25.1 Å². The molecule has 2 aromatic heterocycles. The maximum atomic E-state index is 13.3. The first kappa shape index (κ1) is 22.8. The lowest BCUT2D eigenvalue weighted by Crippen LogP contribution is -2.41. The topological polar surface area (TPSA) is 87.4 Å². The molecular formula is C24H26N4O4S. The summed E-state index contributed by atoms with van der Waals surface area (Å²) in [5, 5.41) is 11.0. The number of benzene rings is 1. The molecule has 0 aliphatic carbocycles. The molecule has 4 rings (SSSR count). The van der Waals surface area contributed by atoms with Crippen molar-refractivity contribution in [3.63, 3.8) is 0 Å². The van der Waals surface area contributed by atoms with Crippen molar-refractivity contribution >= 4 is 34.6 Å². The van der Waals surface area contributed by atoms with Crippen molar-refractivity contribution in [3.05, 3.63) is 70.8 Å². The fourth-order valence-corrected chi connectivity index (χ4v) is 4.53. The highest BCUT2D eigenvalue weighted by Gasteiger charge is 2.35. The van der Waals surface area contributed by atoms with Crippen LogP contribution in [0, 0.1) is 0 Å². The number of carbonyl (C=O) groups is 2. The Balaban J connectivity index is 1.44. The summed E-state index contributed by atoms with van der Waals surface area (Å²) in [5.74, 6) is 0.864. The molecule has 0 saturated heterocycles. The van der Waals surface area contributed by atoms with Crippen molar-refractivity contribution < 1.29 is 18.7 Å². The summed E-state index contributed by atoms with van der Waals surface area (Å²) < 4.78 is 10.8. The van der Waals surface area contributed by atoms with Crippen molar-refractivity contribution in [2.45, 2.75) is 19.4 Å². The average Bonchev–Trinajstić information content (AvgIpc) is 3.59. The van der Waals surface area contributed by atoms with Crippen molar-refractivity contribution in [1.29, 1.82) is 0 Å². The Morgan fingerprint density at radius 3 is 2.76 bits per heavy atom. The number of thiophene rings is 1. The van der Waals surface area contributed by atoms with Crippen LogP contribution in [0.4, 0.5) is 5.69 Å². The van der Waals surface area contributed by atoms with Gasteiger partial charge in [0.15, 0.2) is 0 Å². The van der Waals surface area contributed by atoms with E-state index in [4.69, 9.17) is 9.15 Å². The highest BCUT2D eigenvalue weighted by Crippen LogP contribution is 2.35. The van der Waals surface area contributed by atoms with Gasteiger partial charge in [-0.2, -0.15) is 5.10 Å². The van der Waals surface area contributed by atoms with Crippen LogP contribution in [0.2, 0.25) is 0 Å². The standard InChI is InChI=1S/C24H26N4O4S/c1-3-27(15-23(29)25-17-8-4-5-9-20(17)31-2)16-24(30)28-19(22-11-7-13-33-22)14-18(26-28)21-10-6-12-32-21/h4-13,19H,3,14-16H2,1-2H3,(H,25,29). The Morgan fingerprint density at radius 2 is 2.06 bits per heavy atom. The van der Waals surface area contributed by atoms with Crippen molar-refractivity contribution in [2.24, 2.45) is 5.10 Å². The number of ether oxygens (including phenoxy) is 1. The second kappa shape index (κ2) is 10.5. The Kier molecular flexibility index (Phi) is 7.21. The fourth-order valence-electron chi connectivity index (χ4n) is 3.72. The van der Waals surface area contributed by atoms with Gasteiger partial charge in [0.05, 0.1) is 38.2 Å². The Bertz CT molecular complexity index is 1110. The van der Waals surface area contributed by atoms with E-state index < -0.39 is 0 Å². The highest BCUT2D eigenvalue weighted by molar-refractivity contribution is 7.10. The van der Waals surface area contributed by atoms with Crippen LogP contribution >= 0.6 is 11.3 Å². The Labute approximate surface area is 196 Å². The van der Waals surface area contributed by atoms with Crippen LogP contribution < -0.4 is 10.1 Å². The molecule has 0 radical (unpaired) electrons. The maximum Gasteiger partial charge on any atom is 0.257 e. The molecule has 3 heterocycles. The molecule has 33 heavy (non-hydrogen) atoms. The molecule has 1 aliphatic heterocycles. The molecule has 1 aliphatic rings. The van der Waals surface area contributed by atoms with Gasteiger partial charge in [-0.05, 0) is 42.3 Å². The molecule has 1 atom stereocenters. The number of methoxy groups -OCH3 is 1. The maximum absolute atomic E-state index is 13.3. The predicted octanol–water partition coefficient (Wildman–Crippen LogP) is 3.99. The molecule has 0 spiro atoms. The van der Waals surface area contributed by atoms with Crippen LogP contribution in [0.25, 0.3) is 0 Å². The molecule has 9 heteroatoms. The quantitative estimate of drug-likeness (QED) is 0.515. The lowest BCUT2D eigenvalue weighted by Gasteiger charge is -2.25. The summed E-state index contributed by atoms with van der Waals surface area (Å²) in [6.45, 7) is 2.61. The molecule has 0 saturated carbocycles. The third kappa shape index (κ3) is 5.32. The number of carbonyl (C=O) groups excluding carboxylic acids is 2. The number of hydrogen-bond acceptors (Lipinski definition) is 7. The average molecular weight is 467 g/mol. The molecule has 1 N–H and O–H groups in total. The molecule has 2 amide bonds. The summed E-state index contributed by atoms with van der Waals surface area (Å²) in [4.78, 5) is 28.8. The molecular weight excluding hydrogens is 440 g/mol. The minimum atomic E-state index is -0.217. The van der Waals surface area contributed by atoms with Gasteiger partial charge in [-0.25, -0.2) is 5.01 Å². The number of para-hydroxylation sites is 2. The Morgan fingerprint density at radius 1 is 1.21 bits per heavy atom. The monoisotopic (exact) mass is 466 g/mol. The number of likely N-dealkylation sites (N-methyl/N-ethyl adjacent to an activating group) is 1. The van der Waals surface area contributed by atoms with Gasteiger partial charge < -0.3 is 14.5 Å². The Hall–Kier alpha value is -3.43. The van der Waals surface area contributed by atoms with Gasteiger partial charge in [0, 0.05) is 11.3 Å². The van der Waals surface area contributed by atoms with E-state index >= 15 is 0 Å². The van der Waals surface area contributed by atoms with E-state index in [9.17, 15) is 9.59 Å². The van der Waals surface area contributed by atoms with Gasteiger partial charge in [0.25, 0.3) is 5.91 Å². The largest absolute Gasteiger partial charge is 0.495 e. The first-order valence-electron chi connectivity index (χ1n) is 10.7. The van der Waals surface area contributed by atoms with Gasteiger partial charge in [0.2, 0.25) is 5.91 Å². The van der Waals surface area contributed by atoms with Crippen molar-refractivity contribution in [3.8, 4) is 5.75 Å². The van der Waals surface area contributed by atoms with Gasteiger partial charge >= 0.3 is 0 Å². The van der Waals surface area contributed by atoms with Crippen LogP contribution in [0.5, 0.6) is 5.75 Å². The predicted molar refractivity (Wildman–Crippen MR) is 128 cm³/mol. The van der Waals surface area contributed by atoms with Gasteiger partial charge in [-0.3, -0.25) is 14.5 Å². The number of anilines is 1. The molecule has 0 fully saturated rings. The lowest BCUT2D eigenvalue weighted by atomic mass is 10.1. The molecule has 1 aromatic carbocycles. The van der Waals surface area contributed by atoms with E-state index in [0.29, 0.717) is 30.2 Å². The van der Waals surface area contributed by atoms with E-state index in [2.05, 4.69) is 10.4 Å². The second-order valence-electron chi connectivity index (χ2n) is 7.55. The first-order valence-corrected chi connectivity index (χ1v) is 11.6. The fraction of sp³-hybridized carbons (Fsp3) is 0.292. The van der Waals surface area contributed by atoms with Crippen LogP contribution in [0.3, 0.4) is 0 Å². The van der Waals surface area contributed by atoms with E-state index in [1.165, 1.54) is 5.01 Å². The normalized spacial score (nSPS) is 15.5. The first-order chi connectivity index (χ1) is 16.1. The molecule has 172 valence electrons. The number of furan rings is 1. The third-order valence-electron chi connectivity index (χ3n) is 5.40. The number of nitrogens with one attached hydrogen (secondary N) is 1. The van der Waals surface area contributed by atoms with E-state index in [1.807, 2.05) is 48.7 Å². The van der Waals surface area contributed by atoms with Crippen molar-refractivity contribution in [1.82, 2.24) is 9.91 Å². The van der Waals surface area contributed by atoms with E-state index in [0.717, 1.165) is 10.6 Å². The number of hydrazone groups is 1. The number of rotatable bonds is 9. The van der Waals surface area contributed by atoms with Crippen LogP contribution in [-0.4, -0.2) is 54.2 Å². The highest BCUT2D eigenvalue weighted by atomic mass is 32.1. The second-order valence-corrected chi connectivity index (χ2v) is 8.53. The zero-order chi connectivity index (χ0) is 23.2. The number of amides is 2. The summed E-state index contributed by atoms with van der Waals surface area (Å²) in [7, 11) is 1.56. The van der Waals surface area contributed by atoms with Crippen LogP contribution in [0.1, 0.15) is 30.0 Å². The third-order valence-corrected chi connectivity index (χ3v) is 6.37. The zero-order valence-electron chi connectivity index (χ0n) is 18.6. The zero-order valence-corrected chi connectivity index (χ0v) is 19.4. The van der Waals surface area contributed by atoms with E-state index in [1.54, 1.807) is 41.7 Å². The summed E-state index contributed by atoms with van der Waals surface area (Å²) in [6.07, 6.45) is 2.18. The molecule has 3 aromatic rings. The van der Waals surface area contributed by atoms with Crippen molar-refractivity contribution in [2.75, 3.05) is 32.1 Å². The lowest BCUT2D eigenvalue weighted by molar-refractivity contribution is -0.134. The van der Waals surface area contributed by atoms with Crippen LogP contribution in [-0.2, 0) is 9.59 Å². The SMILES string of the molecule is CCN(CC(=O)Nc1ccccc1OC)CC(=O)N1N=C(c2ccco2)CC1c1cccs1. The molecule has 8 nitrogen and oxygen atoms in total. The molecule has 1 unspecified atom stereocenters. The minimum absolute atomic E-state index is 0.0759. The minimum Gasteiger partial charge on any atom is -0.495 e. The summed E-state index contributed by atoms with van der Waals surface area (Å²) >= 11 is 1.59. The van der Waals surface area contributed by atoms with Crippen LogP contribution in [0.15, 0.2) is 69.7 Å². The number of nitrogens with zero attached hydrogens (tertiary/aromatic N) is 3. The van der Waals surface area contributed by atoms with Gasteiger partial charge in [-0.15, -0.1) is 11.3 Å². The summed E-state index contributed by atoms with van der Waals surface area (Å²) in [6, 6.07) is 14.7.